The third-order valence-electron chi connectivity index (χ3n) is 3.40. The van der Waals surface area contributed by atoms with Crippen LogP contribution in [0.5, 0.6) is 0 Å². The largest absolute Gasteiger partial charge is 0.350 e. The molecule has 0 aliphatic heterocycles. The van der Waals surface area contributed by atoms with Crippen molar-refractivity contribution in [2.24, 2.45) is 0 Å². The predicted octanol–water partition coefficient (Wildman–Crippen LogP) is 3.51. The number of nitrogens with one attached hydrogen (secondary N) is 2. The summed E-state index contributed by atoms with van der Waals surface area (Å²) in [6, 6.07) is 13.4. The minimum Gasteiger partial charge on any atom is -0.321 e. The fraction of sp³-hybridized carbons (Fsp3) is 0.118. The zero-order valence-electron chi connectivity index (χ0n) is 12.8. The van der Waals surface area contributed by atoms with Crippen LogP contribution in [0.15, 0.2) is 54.6 Å². The third kappa shape index (κ3) is 3.15. The van der Waals surface area contributed by atoms with Crippen LogP contribution in [-0.2, 0) is 10.7 Å². The summed E-state index contributed by atoms with van der Waals surface area (Å²) in [6.07, 6.45) is 0. The smallest absolute Gasteiger partial charge is 0.321 e. The number of hydrogen-bond donors (Lipinski definition) is 2. The number of halogens is 2. The molecule has 1 amide bonds. The molecule has 0 saturated carbocycles. The number of aryl methyl sites for hydroxylation is 1. The van der Waals surface area contributed by atoms with Gasteiger partial charge in [0.2, 0.25) is 0 Å². The van der Waals surface area contributed by atoms with Crippen LogP contribution in [0, 0.1) is 6.92 Å². The summed E-state index contributed by atoms with van der Waals surface area (Å²) in [7, 11) is 0. The molecule has 1 heterocycles. The van der Waals surface area contributed by atoms with E-state index in [1.165, 1.54) is 30.3 Å². The highest BCUT2D eigenvalue weighted by Gasteiger charge is 2.40. The Balaban J connectivity index is 1.82. The quantitative estimate of drug-likeness (QED) is 0.770. The number of hydrogen-bond acceptors (Lipinski definition) is 3. The minimum atomic E-state index is -3.63. The molecule has 0 atom stereocenters. The number of rotatable bonds is 4. The summed E-state index contributed by atoms with van der Waals surface area (Å²) in [6.45, 7) is 1.75. The summed E-state index contributed by atoms with van der Waals surface area (Å²) in [5.41, 5.74) is 0.499. The molecule has 3 rings (SSSR count). The van der Waals surface area contributed by atoms with Crippen molar-refractivity contribution in [2.45, 2.75) is 12.8 Å². The maximum absolute atomic E-state index is 14.2. The molecular weight excluding hydrogens is 314 g/mol. The lowest BCUT2D eigenvalue weighted by Crippen LogP contribution is -2.32. The first kappa shape index (κ1) is 15.8. The molecule has 0 unspecified atom stereocenters. The van der Waals surface area contributed by atoms with Crippen LogP contribution in [-0.4, -0.2) is 21.1 Å². The predicted molar refractivity (Wildman–Crippen MR) is 85.5 cm³/mol. The standard InChI is InChI=1S/C17H14F2N4O/c1-11-20-15(23-22-11)12-6-5-9-14(10-12)21-16(24)17(18,19)13-7-3-2-4-8-13/h2-10H,1H3,(H,21,24)(H,20,22,23). The lowest BCUT2D eigenvalue weighted by molar-refractivity contribution is -0.140. The molecule has 5 nitrogen and oxygen atoms in total. The zero-order valence-corrected chi connectivity index (χ0v) is 12.8. The molecule has 0 bridgehead atoms. The van der Waals surface area contributed by atoms with Gasteiger partial charge in [-0.15, -0.1) is 0 Å². The van der Waals surface area contributed by atoms with Crippen LogP contribution in [0.25, 0.3) is 11.4 Å². The maximum Gasteiger partial charge on any atom is 0.350 e. The highest BCUT2D eigenvalue weighted by atomic mass is 19.3. The Bertz CT molecular complexity index is 862. The van der Waals surface area contributed by atoms with Crippen LogP contribution in [0.2, 0.25) is 0 Å². The number of H-pyrrole nitrogens is 1. The van der Waals surface area contributed by atoms with Gasteiger partial charge in [0.25, 0.3) is 5.91 Å². The van der Waals surface area contributed by atoms with Crippen molar-refractivity contribution in [2.75, 3.05) is 5.32 Å². The number of nitrogens with zero attached hydrogens (tertiary/aromatic N) is 2. The first-order valence-electron chi connectivity index (χ1n) is 7.21. The van der Waals surface area contributed by atoms with Gasteiger partial charge >= 0.3 is 5.92 Å². The van der Waals surface area contributed by atoms with Crippen molar-refractivity contribution in [1.29, 1.82) is 0 Å². The lowest BCUT2D eigenvalue weighted by atomic mass is 10.1. The number of benzene rings is 2. The molecule has 0 aliphatic rings. The number of amides is 1. The van der Waals surface area contributed by atoms with Crippen LogP contribution < -0.4 is 5.32 Å². The number of aromatic amines is 1. The van der Waals surface area contributed by atoms with Crippen molar-refractivity contribution in [3.05, 3.63) is 66.0 Å². The van der Waals surface area contributed by atoms with E-state index in [-0.39, 0.29) is 11.3 Å². The summed E-state index contributed by atoms with van der Waals surface area (Å²) in [5, 5.41) is 8.95. The molecule has 0 aliphatic carbocycles. The summed E-state index contributed by atoms with van der Waals surface area (Å²) >= 11 is 0. The van der Waals surface area contributed by atoms with Gasteiger partial charge in [0.1, 0.15) is 5.82 Å². The Hall–Kier alpha value is -3.09. The van der Waals surface area contributed by atoms with E-state index in [0.717, 1.165) is 0 Å². The molecular formula is C17H14F2N4O. The average molecular weight is 328 g/mol. The molecule has 1 aromatic heterocycles. The van der Waals surface area contributed by atoms with E-state index in [0.29, 0.717) is 17.2 Å². The normalized spacial score (nSPS) is 11.3. The average Bonchev–Trinajstić information content (AvgIpc) is 3.02. The van der Waals surface area contributed by atoms with Gasteiger partial charge in [0.05, 0.1) is 0 Å². The first-order valence-corrected chi connectivity index (χ1v) is 7.21. The zero-order chi connectivity index (χ0) is 17.2. The molecule has 2 N–H and O–H groups in total. The second kappa shape index (κ2) is 6.19. The van der Waals surface area contributed by atoms with E-state index in [2.05, 4.69) is 20.5 Å². The second-order valence-corrected chi connectivity index (χ2v) is 5.22. The van der Waals surface area contributed by atoms with Crippen molar-refractivity contribution in [1.82, 2.24) is 15.2 Å². The van der Waals surface area contributed by atoms with Crippen LogP contribution >= 0.6 is 0 Å². The number of aromatic nitrogens is 3. The van der Waals surface area contributed by atoms with Gasteiger partial charge in [-0.25, -0.2) is 4.98 Å². The maximum atomic E-state index is 14.2. The van der Waals surface area contributed by atoms with Crippen molar-refractivity contribution in [3.8, 4) is 11.4 Å². The molecule has 0 radical (unpaired) electrons. The number of carbonyl (C=O) groups excluding carboxylic acids is 1. The summed E-state index contributed by atoms with van der Waals surface area (Å²) < 4.78 is 28.4. The Morgan fingerprint density at radius 3 is 2.54 bits per heavy atom. The van der Waals surface area contributed by atoms with E-state index >= 15 is 0 Å². The van der Waals surface area contributed by atoms with Crippen LogP contribution in [0.1, 0.15) is 11.4 Å². The first-order chi connectivity index (χ1) is 11.5. The molecule has 7 heteroatoms. The summed E-state index contributed by atoms with van der Waals surface area (Å²) in [4.78, 5) is 16.2. The molecule has 3 aromatic rings. The van der Waals surface area contributed by atoms with Gasteiger partial charge < -0.3 is 5.32 Å². The summed E-state index contributed by atoms with van der Waals surface area (Å²) in [5.74, 6) is -3.95. The molecule has 24 heavy (non-hydrogen) atoms. The number of carbonyl (C=O) groups is 1. The number of alkyl halides is 2. The van der Waals surface area contributed by atoms with Crippen molar-refractivity contribution in [3.63, 3.8) is 0 Å². The Morgan fingerprint density at radius 1 is 1.12 bits per heavy atom. The van der Waals surface area contributed by atoms with E-state index in [1.54, 1.807) is 31.2 Å². The van der Waals surface area contributed by atoms with E-state index < -0.39 is 11.8 Å². The van der Waals surface area contributed by atoms with Crippen LogP contribution in [0.3, 0.4) is 0 Å². The molecule has 0 fully saturated rings. The molecule has 0 spiro atoms. The van der Waals surface area contributed by atoms with Crippen molar-refractivity contribution < 1.29 is 13.6 Å². The highest BCUT2D eigenvalue weighted by molar-refractivity contribution is 5.97. The number of anilines is 1. The molecule has 2 aromatic carbocycles. The SMILES string of the molecule is Cc1nc(-c2cccc(NC(=O)C(F)(F)c3ccccc3)c2)n[nH]1. The fourth-order valence-corrected chi connectivity index (χ4v) is 2.20. The topological polar surface area (TPSA) is 70.7 Å². The Labute approximate surface area is 136 Å². The molecule has 122 valence electrons. The minimum absolute atomic E-state index is 0.246. The van der Waals surface area contributed by atoms with Gasteiger partial charge in [-0.3, -0.25) is 9.89 Å². The van der Waals surface area contributed by atoms with Gasteiger partial charge in [-0.05, 0) is 19.1 Å². The lowest BCUT2D eigenvalue weighted by Gasteiger charge is -2.16. The van der Waals surface area contributed by atoms with Gasteiger partial charge in [0.15, 0.2) is 5.82 Å². The Kier molecular flexibility index (Phi) is 4.07. The fourth-order valence-electron chi connectivity index (χ4n) is 2.20. The van der Waals surface area contributed by atoms with Crippen molar-refractivity contribution >= 4 is 11.6 Å². The van der Waals surface area contributed by atoms with E-state index in [9.17, 15) is 13.6 Å². The monoisotopic (exact) mass is 328 g/mol. The molecule has 0 saturated heterocycles. The third-order valence-corrected chi connectivity index (χ3v) is 3.40. The Morgan fingerprint density at radius 2 is 1.88 bits per heavy atom. The second-order valence-electron chi connectivity index (χ2n) is 5.22. The van der Waals surface area contributed by atoms with Crippen LogP contribution in [0.4, 0.5) is 14.5 Å². The highest BCUT2D eigenvalue weighted by Crippen LogP contribution is 2.30. The van der Waals surface area contributed by atoms with Gasteiger partial charge in [-0.2, -0.15) is 13.9 Å². The van der Waals surface area contributed by atoms with Gasteiger partial charge in [0, 0.05) is 16.8 Å². The van der Waals surface area contributed by atoms with E-state index in [4.69, 9.17) is 0 Å². The van der Waals surface area contributed by atoms with E-state index in [1.807, 2.05) is 0 Å². The van der Waals surface area contributed by atoms with Gasteiger partial charge in [-0.1, -0.05) is 42.5 Å².